The molecule has 280 valence electrons. The second-order valence-corrected chi connectivity index (χ2v) is 17.5. The minimum Gasteiger partial charge on any atom is -0.406 e. The largest absolute Gasteiger partial charge is 0.573 e. The van der Waals surface area contributed by atoms with Crippen LogP contribution in [0.3, 0.4) is 0 Å². The fourth-order valence-corrected chi connectivity index (χ4v) is 9.09. The number of fused-ring (bicyclic) bond motifs is 8. The lowest BCUT2D eigenvalue weighted by Gasteiger charge is -2.45. The minimum atomic E-state index is -4.90. The van der Waals surface area contributed by atoms with Gasteiger partial charge in [0.2, 0.25) is 0 Å². The lowest BCUT2D eigenvalue weighted by atomic mass is 9.33. The predicted octanol–water partition coefficient (Wildman–Crippen LogP) is 12.2. The first kappa shape index (κ1) is 36.0. The normalized spacial score (nSPS) is 13.9. The maximum atomic E-state index is 14.4. The molecule has 0 spiro atoms. The molecule has 0 aromatic heterocycles. The Bertz CT molecular complexity index is 2530. The first-order chi connectivity index (χ1) is 26.5. The predicted molar refractivity (Wildman–Crippen MR) is 229 cm³/mol. The van der Waals surface area contributed by atoms with Crippen LogP contribution >= 0.6 is 0 Å². The van der Waals surface area contributed by atoms with Gasteiger partial charge in [-0.05, 0) is 87.2 Å². The molecule has 0 bridgehead atoms. The van der Waals surface area contributed by atoms with Crippen LogP contribution in [0.15, 0.2) is 121 Å². The molecule has 0 aliphatic carbocycles. The van der Waals surface area contributed by atoms with E-state index in [1.165, 1.54) is 11.1 Å². The summed E-state index contributed by atoms with van der Waals surface area (Å²) in [5, 5.41) is 4.33. The van der Waals surface area contributed by atoms with E-state index in [1.54, 1.807) is 12.1 Å². The summed E-state index contributed by atoms with van der Waals surface area (Å²) < 4.78 is 48.1. The third-order valence-electron chi connectivity index (χ3n) is 11.5. The summed E-state index contributed by atoms with van der Waals surface area (Å²) in [4.78, 5) is 4.33. The van der Waals surface area contributed by atoms with Gasteiger partial charge in [0, 0.05) is 57.0 Å². The van der Waals surface area contributed by atoms with E-state index in [9.17, 15) is 13.2 Å². The zero-order valence-corrected chi connectivity index (χ0v) is 33.1. The highest BCUT2D eigenvalue weighted by Gasteiger charge is 2.46. The van der Waals surface area contributed by atoms with Gasteiger partial charge in [-0.2, -0.15) is 0 Å². The van der Waals surface area contributed by atoms with Crippen molar-refractivity contribution in [1.82, 2.24) is 0 Å². The lowest BCUT2D eigenvalue weighted by Crippen LogP contribution is -2.61. The average molecular weight is 745 g/mol. The molecule has 56 heavy (non-hydrogen) atoms. The Balaban J connectivity index is 1.48. The van der Waals surface area contributed by atoms with Crippen LogP contribution in [0.5, 0.6) is 5.75 Å². The second-order valence-electron chi connectivity index (χ2n) is 17.5. The van der Waals surface area contributed by atoms with Gasteiger partial charge in [-0.1, -0.05) is 138 Å². The standard InChI is InChI=1S/C49H44BF3N2O/c1-29-15-19-31(20-16-29)54-42-27-33(56-49(51,52)53)28-43-44(42)50(40-25-23-34-36(45(40)54)11-9-13-38(34)47(3,4)5)41-26-24-35-37(12-10-14-39(35)48(6,7)8)46(41)55(43)32-21-17-30(2)18-22-32/h9-28H,1-8H3. The molecule has 7 aromatic rings. The van der Waals surface area contributed by atoms with E-state index >= 15 is 0 Å². The highest BCUT2D eigenvalue weighted by atomic mass is 19.4. The summed E-state index contributed by atoms with van der Waals surface area (Å²) in [6, 6.07) is 41.6. The maximum absolute atomic E-state index is 14.4. The van der Waals surface area contributed by atoms with Gasteiger partial charge in [0.25, 0.3) is 6.71 Å². The average Bonchev–Trinajstić information content (AvgIpc) is 3.13. The molecule has 3 nitrogen and oxygen atoms in total. The minimum absolute atomic E-state index is 0.147. The van der Waals surface area contributed by atoms with Gasteiger partial charge in [0.1, 0.15) is 5.75 Å². The molecule has 2 heterocycles. The van der Waals surface area contributed by atoms with Crippen molar-refractivity contribution >= 4 is 78.8 Å². The number of benzene rings is 7. The van der Waals surface area contributed by atoms with Crippen molar-refractivity contribution in [3.05, 3.63) is 144 Å². The lowest BCUT2D eigenvalue weighted by molar-refractivity contribution is -0.274. The van der Waals surface area contributed by atoms with Crippen LogP contribution in [0.2, 0.25) is 0 Å². The van der Waals surface area contributed by atoms with Gasteiger partial charge in [-0.15, -0.1) is 13.2 Å². The first-order valence-corrected chi connectivity index (χ1v) is 19.3. The van der Waals surface area contributed by atoms with E-state index in [1.807, 2.05) is 13.8 Å². The van der Waals surface area contributed by atoms with E-state index in [4.69, 9.17) is 4.74 Å². The quantitative estimate of drug-likeness (QED) is 0.168. The van der Waals surface area contributed by atoms with Crippen LogP contribution in [0.1, 0.15) is 63.8 Å². The van der Waals surface area contributed by atoms with Crippen LogP contribution in [-0.2, 0) is 10.8 Å². The highest BCUT2D eigenvalue weighted by molar-refractivity contribution is 7.00. The number of ether oxygens (including phenoxy) is 1. The molecule has 2 aliphatic heterocycles. The summed E-state index contributed by atoms with van der Waals surface area (Å²) >= 11 is 0. The van der Waals surface area contributed by atoms with Crippen LogP contribution in [0, 0.1) is 13.8 Å². The number of hydrogen-bond acceptors (Lipinski definition) is 3. The van der Waals surface area contributed by atoms with Crippen LogP contribution < -0.4 is 30.9 Å². The molecule has 0 fully saturated rings. The Morgan fingerprint density at radius 1 is 0.500 bits per heavy atom. The van der Waals surface area contributed by atoms with Crippen molar-refractivity contribution in [2.24, 2.45) is 0 Å². The number of nitrogens with zero attached hydrogens (tertiary/aromatic N) is 2. The van der Waals surface area contributed by atoms with Gasteiger partial charge in [-0.3, -0.25) is 0 Å². The summed E-state index contributed by atoms with van der Waals surface area (Å²) in [7, 11) is 0. The fraction of sp³-hybridized carbons (Fsp3) is 0.224. The van der Waals surface area contributed by atoms with Crippen molar-refractivity contribution < 1.29 is 17.9 Å². The fourth-order valence-electron chi connectivity index (χ4n) is 9.09. The molecule has 0 N–H and O–H groups in total. The van der Waals surface area contributed by atoms with E-state index in [0.29, 0.717) is 11.4 Å². The highest BCUT2D eigenvalue weighted by Crippen LogP contribution is 2.50. The molecule has 7 aromatic carbocycles. The SMILES string of the molecule is Cc1ccc(N2c3cc(OC(F)(F)F)cc4c3B(c3ccc5c(C(C)(C)C)cccc5c32)c2ccc3c(C(C)(C)C)cccc3c2N4c2ccc(C)cc2)cc1. The zero-order chi connectivity index (χ0) is 39.5. The summed E-state index contributed by atoms with van der Waals surface area (Å²) in [6.45, 7) is 17.1. The van der Waals surface area contributed by atoms with E-state index in [2.05, 4.69) is 161 Å². The van der Waals surface area contributed by atoms with E-state index in [-0.39, 0.29) is 23.3 Å². The Hall–Kier alpha value is -5.69. The molecule has 9 rings (SSSR count). The van der Waals surface area contributed by atoms with Crippen LogP contribution in [0.25, 0.3) is 21.5 Å². The number of aryl methyl sites for hydroxylation is 2. The monoisotopic (exact) mass is 744 g/mol. The van der Waals surface area contributed by atoms with E-state index < -0.39 is 6.36 Å². The molecule has 0 saturated carbocycles. The smallest absolute Gasteiger partial charge is 0.406 e. The molecule has 7 heteroatoms. The Labute approximate surface area is 327 Å². The second kappa shape index (κ2) is 12.4. The zero-order valence-electron chi connectivity index (χ0n) is 33.1. The molecular weight excluding hydrogens is 700 g/mol. The van der Waals surface area contributed by atoms with Crippen molar-refractivity contribution in [2.75, 3.05) is 9.80 Å². The van der Waals surface area contributed by atoms with Crippen molar-refractivity contribution in [2.45, 2.75) is 72.6 Å². The van der Waals surface area contributed by atoms with Gasteiger partial charge in [0.05, 0.1) is 0 Å². The molecule has 0 radical (unpaired) electrons. The number of rotatable bonds is 3. The summed E-state index contributed by atoms with van der Waals surface area (Å²) in [5.41, 5.74) is 12.4. The van der Waals surface area contributed by atoms with Crippen molar-refractivity contribution in [3.8, 4) is 5.75 Å². The number of alkyl halides is 3. The molecule has 0 atom stereocenters. The molecule has 0 unspecified atom stereocenters. The number of hydrogen-bond donors (Lipinski definition) is 0. The number of halogens is 3. The van der Waals surface area contributed by atoms with Gasteiger partial charge >= 0.3 is 6.36 Å². The first-order valence-electron chi connectivity index (χ1n) is 19.3. The van der Waals surface area contributed by atoms with Crippen LogP contribution in [-0.4, -0.2) is 13.1 Å². The topological polar surface area (TPSA) is 15.7 Å². The Morgan fingerprint density at radius 2 is 0.911 bits per heavy atom. The Kier molecular flexibility index (Phi) is 7.97. The van der Waals surface area contributed by atoms with Gasteiger partial charge < -0.3 is 14.5 Å². The maximum Gasteiger partial charge on any atom is 0.573 e. The van der Waals surface area contributed by atoms with Crippen molar-refractivity contribution in [1.29, 1.82) is 0 Å². The third kappa shape index (κ3) is 5.74. The van der Waals surface area contributed by atoms with Gasteiger partial charge in [-0.25, -0.2) is 0 Å². The number of anilines is 6. The molecule has 2 aliphatic rings. The van der Waals surface area contributed by atoms with Gasteiger partial charge in [0.15, 0.2) is 0 Å². The summed E-state index contributed by atoms with van der Waals surface area (Å²) in [6.07, 6.45) is -4.90. The van der Waals surface area contributed by atoms with Crippen LogP contribution in [0.4, 0.5) is 47.3 Å². The van der Waals surface area contributed by atoms with E-state index in [0.717, 1.165) is 71.8 Å². The molecule has 0 saturated heterocycles. The third-order valence-corrected chi connectivity index (χ3v) is 11.5. The molecular formula is C49H44BF3N2O. The van der Waals surface area contributed by atoms with Crippen molar-refractivity contribution in [3.63, 3.8) is 0 Å². The molecule has 0 amide bonds. The summed E-state index contributed by atoms with van der Waals surface area (Å²) in [5.74, 6) is -0.266. The Morgan fingerprint density at radius 3 is 1.29 bits per heavy atom.